The average Bonchev–Trinajstić information content (AvgIpc) is 3.61. The fourth-order valence-electron chi connectivity index (χ4n) is 4.36. The smallest absolute Gasteiger partial charge is 0.234 e. The highest BCUT2D eigenvalue weighted by atomic mass is 32.2. The summed E-state index contributed by atoms with van der Waals surface area (Å²) in [5, 5.41) is 12.2. The van der Waals surface area contributed by atoms with Gasteiger partial charge in [-0.25, -0.2) is 4.39 Å². The van der Waals surface area contributed by atoms with Crippen molar-refractivity contribution in [2.45, 2.75) is 43.5 Å². The first-order valence-corrected chi connectivity index (χ1v) is 12.7. The van der Waals surface area contributed by atoms with Gasteiger partial charge in [-0.3, -0.25) is 14.2 Å². The third-order valence-corrected chi connectivity index (χ3v) is 7.04. The molecule has 0 bridgehead atoms. The van der Waals surface area contributed by atoms with Gasteiger partial charge in [0.15, 0.2) is 11.0 Å². The van der Waals surface area contributed by atoms with E-state index in [0.717, 1.165) is 37.1 Å². The van der Waals surface area contributed by atoms with E-state index in [9.17, 15) is 14.0 Å². The minimum atomic E-state index is -0.316. The van der Waals surface area contributed by atoms with Crippen molar-refractivity contribution >= 4 is 35.0 Å². The summed E-state index contributed by atoms with van der Waals surface area (Å²) in [6.45, 7) is 1.99. The second-order valence-corrected chi connectivity index (χ2v) is 9.54. The van der Waals surface area contributed by atoms with Gasteiger partial charge in [0.1, 0.15) is 5.82 Å². The van der Waals surface area contributed by atoms with Gasteiger partial charge in [-0.05, 0) is 61.7 Å². The Morgan fingerprint density at radius 3 is 2.77 bits per heavy atom. The van der Waals surface area contributed by atoms with Crippen molar-refractivity contribution < 1.29 is 18.7 Å². The minimum absolute atomic E-state index is 0.0504. The monoisotopic (exact) mass is 495 g/mol. The van der Waals surface area contributed by atoms with E-state index in [1.54, 1.807) is 23.1 Å². The van der Waals surface area contributed by atoms with Crippen LogP contribution in [0.5, 0.6) is 0 Å². The van der Waals surface area contributed by atoms with E-state index in [0.29, 0.717) is 36.2 Å². The summed E-state index contributed by atoms with van der Waals surface area (Å²) in [5.41, 5.74) is 2.18. The second-order valence-electron chi connectivity index (χ2n) is 8.59. The molecule has 0 spiro atoms. The molecule has 3 aromatic rings. The number of anilines is 2. The first-order chi connectivity index (χ1) is 17.1. The molecule has 2 amide bonds. The maximum atomic E-state index is 13.4. The maximum Gasteiger partial charge on any atom is 0.234 e. The Morgan fingerprint density at radius 2 is 2.03 bits per heavy atom. The van der Waals surface area contributed by atoms with Crippen molar-refractivity contribution in [3.63, 3.8) is 0 Å². The number of ether oxygens (including phenoxy) is 1. The number of halogens is 1. The van der Waals surface area contributed by atoms with E-state index in [2.05, 4.69) is 15.5 Å². The lowest BCUT2D eigenvalue weighted by Gasteiger charge is -2.17. The van der Waals surface area contributed by atoms with Crippen LogP contribution in [-0.2, 0) is 20.9 Å². The quantitative estimate of drug-likeness (QED) is 0.473. The fraction of sp³-hybridized carbons (Fsp3) is 0.360. The average molecular weight is 496 g/mol. The van der Waals surface area contributed by atoms with Crippen LogP contribution in [0.2, 0.25) is 0 Å². The number of hydrogen-bond acceptors (Lipinski definition) is 6. The lowest BCUT2D eigenvalue weighted by Crippen LogP contribution is -2.24. The lowest BCUT2D eigenvalue weighted by atomic mass is 10.2. The zero-order chi connectivity index (χ0) is 24.2. The highest BCUT2D eigenvalue weighted by Crippen LogP contribution is 2.28. The Labute approximate surface area is 206 Å². The topological polar surface area (TPSA) is 89.3 Å². The molecule has 1 atom stereocenters. The van der Waals surface area contributed by atoms with E-state index in [-0.39, 0.29) is 29.5 Å². The molecule has 0 radical (unpaired) electrons. The van der Waals surface area contributed by atoms with Gasteiger partial charge in [0, 0.05) is 36.5 Å². The predicted molar refractivity (Wildman–Crippen MR) is 132 cm³/mol. The number of nitrogens with one attached hydrogen (secondary N) is 1. The number of amides is 2. The molecule has 2 aliphatic rings. The van der Waals surface area contributed by atoms with Crippen LogP contribution in [-0.4, -0.2) is 51.6 Å². The zero-order valence-corrected chi connectivity index (χ0v) is 20.0. The molecule has 1 N–H and O–H groups in total. The van der Waals surface area contributed by atoms with E-state index in [4.69, 9.17) is 4.74 Å². The summed E-state index contributed by atoms with van der Waals surface area (Å²) in [6, 6.07) is 13.5. The molecule has 10 heteroatoms. The van der Waals surface area contributed by atoms with Crippen molar-refractivity contribution in [3.05, 3.63) is 54.3 Å². The molecule has 3 heterocycles. The number of aromatic nitrogens is 3. The molecular weight excluding hydrogens is 469 g/mol. The third-order valence-electron chi connectivity index (χ3n) is 6.08. The number of thioether (sulfide) groups is 1. The second kappa shape index (κ2) is 10.6. The molecule has 2 saturated heterocycles. The summed E-state index contributed by atoms with van der Waals surface area (Å²) in [4.78, 5) is 26.5. The first kappa shape index (κ1) is 23.5. The van der Waals surface area contributed by atoms with Gasteiger partial charge in [0.2, 0.25) is 11.8 Å². The third kappa shape index (κ3) is 5.54. The van der Waals surface area contributed by atoms with Crippen LogP contribution in [0, 0.1) is 5.82 Å². The van der Waals surface area contributed by atoms with E-state index in [1.807, 2.05) is 22.8 Å². The molecule has 0 aliphatic carbocycles. The van der Waals surface area contributed by atoms with E-state index in [1.165, 1.54) is 23.9 Å². The van der Waals surface area contributed by atoms with Gasteiger partial charge in [-0.2, -0.15) is 0 Å². The van der Waals surface area contributed by atoms with Crippen LogP contribution in [0.15, 0.2) is 53.7 Å². The van der Waals surface area contributed by atoms with Gasteiger partial charge in [-0.15, -0.1) is 10.2 Å². The van der Waals surface area contributed by atoms with Crippen LogP contribution in [0.3, 0.4) is 0 Å². The summed E-state index contributed by atoms with van der Waals surface area (Å²) in [6.07, 6.45) is 3.40. The van der Waals surface area contributed by atoms with Crippen LogP contribution < -0.4 is 10.2 Å². The Morgan fingerprint density at radius 1 is 1.17 bits per heavy atom. The molecule has 2 fully saturated rings. The van der Waals surface area contributed by atoms with Crippen molar-refractivity contribution in [3.8, 4) is 11.4 Å². The standard InChI is InChI=1S/C25H26FN5O3S/c26-18-10-8-17(9-11-18)24-28-29-25(31(24)15-21-6-3-13-34-21)35-16-22(32)27-19-4-1-5-20(14-19)30-12-2-7-23(30)33/h1,4-5,8-11,14,21H,2-3,6-7,12-13,15-16H2,(H,27,32)/t21-/m1/s1. The maximum absolute atomic E-state index is 13.4. The molecule has 35 heavy (non-hydrogen) atoms. The Kier molecular flexibility index (Phi) is 7.10. The predicted octanol–water partition coefficient (Wildman–Crippen LogP) is 4.12. The van der Waals surface area contributed by atoms with E-state index >= 15 is 0 Å². The number of rotatable bonds is 8. The van der Waals surface area contributed by atoms with Crippen molar-refractivity contribution in [2.24, 2.45) is 0 Å². The van der Waals surface area contributed by atoms with Gasteiger partial charge in [0.25, 0.3) is 0 Å². The van der Waals surface area contributed by atoms with Gasteiger partial charge in [0.05, 0.1) is 18.4 Å². The number of hydrogen-bond donors (Lipinski definition) is 1. The van der Waals surface area contributed by atoms with Crippen LogP contribution in [0.4, 0.5) is 15.8 Å². The molecule has 1 aromatic heterocycles. The number of nitrogens with zero attached hydrogens (tertiary/aromatic N) is 4. The molecule has 182 valence electrons. The van der Waals surface area contributed by atoms with Crippen molar-refractivity contribution in [1.82, 2.24) is 14.8 Å². The van der Waals surface area contributed by atoms with Crippen LogP contribution in [0.25, 0.3) is 11.4 Å². The fourth-order valence-corrected chi connectivity index (χ4v) is 5.11. The summed E-state index contributed by atoms with van der Waals surface area (Å²) in [5.74, 6) is 0.358. The van der Waals surface area contributed by atoms with Gasteiger partial charge in [-0.1, -0.05) is 17.8 Å². The number of benzene rings is 2. The van der Waals surface area contributed by atoms with Crippen molar-refractivity contribution in [2.75, 3.05) is 29.1 Å². The van der Waals surface area contributed by atoms with Crippen LogP contribution >= 0.6 is 11.8 Å². The molecule has 2 aromatic carbocycles. The lowest BCUT2D eigenvalue weighted by molar-refractivity contribution is -0.117. The van der Waals surface area contributed by atoms with Gasteiger partial charge < -0.3 is 15.0 Å². The van der Waals surface area contributed by atoms with Crippen molar-refractivity contribution in [1.29, 1.82) is 0 Å². The molecule has 0 unspecified atom stereocenters. The highest BCUT2D eigenvalue weighted by molar-refractivity contribution is 7.99. The Balaban J connectivity index is 1.28. The largest absolute Gasteiger partial charge is 0.376 e. The first-order valence-electron chi connectivity index (χ1n) is 11.7. The Bertz CT molecular complexity index is 1210. The van der Waals surface area contributed by atoms with Crippen LogP contribution in [0.1, 0.15) is 25.7 Å². The van der Waals surface area contributed by atoms with E-state index < -0.39 is 0 Å². The minimum Gasteiger partial charge on any atom is -0.376 e. The summed E-state index contributed by atoms with van der Waals surface area (Å²) in [7, 11) is 0. The molecular formula is C25H26FN5O3S. The summed E-state index contributed by atoms with van der Waals surface area (Å²) < 4.78 is 21.2. The number of carbonyl (C=O) groups excluding carboxylic acids is 2. The molecule has 8 nitrogen and oxygen atoms in total. The van der Waals surface area contributed by atoms with Gasteiger partial charge >= 0.3 is 0 Å². The molecule has 5 rings (SSSR count). The molecule has 2 aliphatic heterocycles. The molecule has 0 saturated carbocycles. The SMILES string of the molecule is O=C(CSc1nnc(-c2ccc(F)cc2)n1C[C@H]1CCCO1)Nc1cccc(N2CCCC2=O)c1. The Hall–Kier alpha value is -3.24. The summed E-state index contributed by atoms with van der Waals surface area (Å²) >= 11 is 1.29. The highest BCUT2D eigenvalue weighted by Gasteiger charge is 2.23. The zero-order valence-electron chi connectivity index (χ0n) is 19.2. The number of carbonyl (C=O) groups is 2. The normalized spacial score (nSPS) is 17.8.